The highest BCUT2D eigenvalue weighted by molar-refractivity contribution is 7.99. The maximum Gasteiger partial charge on any atom is 0.0427 e. The lowest BCUT2D eigenvalue weighted by molar-refractivity contribution is 0.0175. The first-order valence-corrected chi connectivity index (χ1v) is 9.37. The number of likely N-dealkylation sites (tertiary alicyclic amines) is 1. The lowest BCUT2D eigenvalue weighted by Crippen LogP contribution is -2.62. The van der Waals surface area contributed by atoms with Gasteiger partial charge in [-0.3, -0.25) is 4.90 Å². The molecule has 0 spiro atoms. The van der Waals surface area contributed by atoms with Gasteiger partial charge in [-0.25, -0.2) is 0 Å². The first kappa shape index (κ1) is 16.6. The van der Waals surface area contributed by atoms with Crippen LogP contribution in [0.1, 0.15) is 53.9 Å². The summed E-state index contributed by atoms with van der Waals surface area (Å²) in [4.78, 5) is 2.74. The summed E-state index contributed by atoms with van der Waals surface area (Å²) in [7, 11) is 0. The van der Waals surface area contributed by atoms with Crippen LogP contribution >= 0.6 is 11.8 Å². The molecule has 0 saturated carbocycles. The molecule has 0 bridgehead atoms. The molecule has 3 heteroatoms. The molecule has 0 aromatic heterocycles. The summed E-state index contributed by atoms with van der Waals surface area (Å²) in [6.07, 6.45) is 3.95. The van der Waals surface area contributed by atoms with Crippen LogP contribution in [-0.4, -0.2) is 41.6 Å². The molecule has 20 heavy (non-hydrogen) atoms. The quantitative estimate of drug-likeness (QED) is 0.844. The summed E-state index contributed by atoms with van der Waals surface area (Å²) in [5, 5.41) is 0. The topological polar surface area (TPSA) is 29.3 Å². The molecule has 2 nitrogen and oxygen atoms in total. The van der Waals surface area contributed by atoms with E-state index in [1.54, 1.807) is 0 Å². The number of piperidine rings is 1. The lowest BCUT2D eigenvalue weighted by Gasteiger charge is -2.53. The number of hydrogen-bond donors (Lipinski definition) is 1. The summed E-state index contributed by atoms with van der Waals surface area (Å²) in [6.45, 7) is 15.3. The molecule has 118 valence electrons. The second kappa shape index (κ2) is 5.81. The minimum absolute atomic E-state index is 0.259. The zero-order valence-electron chi connectivity index (χ0n) is 14.2. The molecule has 2 rings (SSSR count). The minimum Gasteiger partial charge on any atom is -0.329 e. The predicted octanol–water partition coefficient (Wildman–Crippen LogP) is 3.61. The Labute approximate surface area is 130 Å². The number of nitrogens with two attached hydrogens (primary N) is 1. The van der Waals surface area contributed by atoms with E-state index in [2.05, 4.69) is 51.3 Å². The monoisotopic (exact) mass is 298 g/mol. The first-order valence-electron chi connectivity index (χ1n) is 8.21. The second-order valence-corrected chi connectivity index (χ2v) is 9.88. The van der Waals surface area contributed by atoms with Gasteiger partial charge in [0.1, 0.15) is 0 Å². The summed E-state index contributed by atoms with van der Waals surface area (Å²) in [6, 6.07) is 0. The lowest BCUT2D eigenvalue weighted by atomic mass is 9.73. The zero-order valence-corrected chi connectivity index (χ0v) is 15.0. The Morgan fingerprint density at radius 1 is 1.15 bits per heavy atom. The van der Waals surface area contributed by atoms with Crippen molar-refractivity contribution in [2.75, 3.05) is 31.1 Å². The molecule has 2 fully saturated rings. The Bertz CT molecular complexity index is 326. The Balaban J connectivity index is 2.03. The Morgan fingerprint density at radius 3 is 2.20 bits per heavy atom. The van der Waals surface area contributed by atoms with E-state index >= 15 is 0 Å². The Kier molecular flexibility index (Phi) is 4.83. The van der Waals surface area contributed by atoms with Crippen LogP contribution in [0.5, 0.6) is 0 Å². The van der Waals surface area contributed by atoms with Gasteiger partial charge in [0.25, 0.3) is 0 Å². The average molecular weight is 299 g/mol. The van der Waals surface area contributed by atoms with Crippen LogP contribution in [0.2, 0.25) is 0 Å². The average Bonchev–Trinajstić information content (AvgIpc) is 2.36. The molecule has 2 heterocycles. The number of nitrogens with zero attached hydrogens (tertiary/aromatic N) is 1. The van der Waals surface area contributed by atoms with Gasteiger partial charge in [0, 0.05) is 17.8 Å². The van der Waals surface area contributed by atoms with Gasteiger partial charge in [0.2, 0.25) is 0 Å². The van der Waals surface area contributed by atoms with Gasteiger partial charge in [-0.1, -0.05) is 34.6 Å². The second-order valence-electron chi connectivity index (χ2n) is 8.89. The summed E-state index contributed by atoms with van der Waals surface area (Å²) in [5.74, 6) is 3.39. The van der Waals surface area contributed by atoms with Gasteiger partial charge in [-0.05, 0) is 54.9 Å². The molecular weight excluding hydrogens is 264 g/mol. The van der Waals surface area contributed by atoms with Crippen LogP contribution in [0.15, 0.2) is 0 Å². The highest BCUT2D eigenvalue weighted by Crippen LogP contribution is 2.44. The largest absolute Gasteiger partial charge is 0.329 e. The van der Waals surface area contributed by atoms with Gasteiger partial charge >= 0.3 is 0 Å². The van der Waals surface area contributed by atoms with E-state index in [4.69, 9.17) is 5.73 Å². The summed E-state index contributed by atoms with van der Waals surface area (Å²) >= 11 is 2.11. The van der Waals surface area contributed by atoms with Crippen LogP contribution in [0.4, 0.5) is 0 Å². The van der Waals surface area contributed by atoms with E-state index in [1.807, 2.05) is 0 Å². The van der Waals surface area contributed by atoms with Crippen LogP contribution in [0.25, 0.3) is 0 Å². The molecule has 0 radical (unpaired) electrons. The van der Waals surface area contributed by atoms with Gasteiger partial charge in [0.05, 0.1) is 0 Å². The molecule has 0 aliphatic carbocycles. The summed E-state index contributed by atoms with van der Waals surface area (Å²) in [5.41, 5.74) is 7.41. The fourth-order valence-corrected chi connectivity index (χ4v) is 5.73. The molecule has 2 saturated heterocycles. The Morgan fingerprint density at radius 2 is 1.75 bits per heavy atom. The van der Waals surface area contributed by atoms with E-state index in [0.717, 1.165) is 12.5 Å². The SMILES string of the molecule is CC1(C)CSCC(CN)(N2CCC(C(C)(C)C)CC2)C1. The van der Waals surface area contributed by atoms with Crippen LogP contribution in [0.3, 0.4) is 0 Å². The molecule has 0 aromatic carbocycles. The normalized spacial score (nSPS) is 33.3. The molecule has 1 atom stereocenters. The zero-order chi connectivity index (χ0) is 15.0. The van der Waals surface area contributed by atoms with E-state index in [0.29, 0.717) is 10.8 Å². The maximum atomic E-state index is 6.26. The number of rotatable bonds is 2. The van der Waals surface area contributed by atoms with Crippen LogP contribution < -0.4 is 5.73 Å². The molecule has 0 amide bonds. The van der Waals surface area contributed by atoms with Crippen molar-refractivity contribution in [1.29, 1.82) is 0 Å². The first-order chi connectivity index (χ1) is 9.19. The highest BCUT2D eigenvalue weighted by atomic mass is 32.2. The highest BCUT2D eigenvalue weighted by Gasteiger charge is 2.45. The van der Waals surface area contributed by atoms with Crippen molar-refractivity contribution in [2.24, 2.45) is 22.5 Å². The van der Waals surface area contributed by atoms with Crippen LogP contribution in [-0.2, 0) is 0 Å². The molecule has 0 aromatic rings. The molecular formula is C17H34N2S. The van der Waals surface area contributed by atoms with E-state index in [-0.39, 0.29) is 5.54 Å². The van der Waals surface area contributed by atoms with Crippen molar-refractivity contribution in [3.63, 3.8) is 0 Å². The molecule has 2 aliphatic heterocycles. The standard InChI is InChI=1S/C17H34N2S/c1-15(2,3)14-6-8-19(9-7-14)17(11-18)10-16(4,5)12-20-13-17/h14H,6-13,18H2,1-5H3. The van der Waals surface area contributed by atoms with E-state index in [9.17, 15) is 0 Å². The third-order valence-electron chi connectivity index (χ3n) is 5.44. The number of hydrogen-bond acceptors (Lipinski definition) is 3. The maximum absolute atomic E-state index is 6.26. The predicted molar refractivity (Wildman–Crippen MR) is 91.3 cm³/mol. The van der Waals surface area contributed by atoms with Crippen LogP contribution in [0, 0.1) is 16.7 Å². The molecule has 1 unspecified atom stereocenters. The summed E-state index contributed by atoms with van der Waals surface area (Å²) < 4.78 is 0. The third kappa shape index (κ3) is 3.53. The van der Waals surface area contributed by atoms with Crippen molar-refractivity contribution in [1.82, 2.24) is 4.90 Å². The van der Waals surface area contributed by atoms with Crippen molar-refractivity contribution >= 4 is 11.8 Å². The van der Waals surface area contributed by atoms with Gasteiger partial charge < -0.3 is 5.73 Å². The van der Waals surface area contributed by atoms with Crippen molar-refractivity contribution < 1.29 is 0 Å². The van der Waals surface area contributed by atoms with Gasteiger partial charge in [-0.2, -0.15) is 11.8 Å². The number of thioether (sulfide) groups is 1. The fraction of sp³-hybridized carbons (Fsp3) is 1.00. The molecule has 2 N–H and O–H groups in total. The minimum atomic E-state index is 0.259. The van der Waals surface area contributed by atoms with E-state index < -0.39 is 0 Å². The van der Waals surface area contributed by atoms with Crippen molar-refractivity contribution in [3.05, 3.63) is 0 Å². The Hall–Kier alpha value is 0.270. The van der Waals surface area contributed by atoms with E-state index in [1.165, 1.54) is 43.9 Å². The molecule has 2 aliphatic rings. The van der Waals surface area contributed by atoms with Crippen molar-refractivity contribution in [2.45, 2.75) is 59.4 Å². The smallest absolute Gasteiger partial charge is 0.0427 e. The van der Waals surface area contributed by atoms with Gasteiger partial charge in [-0.15, -0.1) is 0 Å². The van der Waals surface area contributed by atoms with Gasteiger partial charge in [0.15, 0.2) is 0 Å². The van der Waals surface area contributed by atoms with Crippen molar-refractivity contribution in [3.8, 4) is 0 Å². The third-order valence-corrected chi connectivity index (χ3v) is 7.17. The fourth-order valence-electron chi connectivity index (χ4n) is 4.19.